The summed E-state index contributed by atoms with van der Waals surface area (Å²) in [7, 11) is 0. The van der Waals surface area contributed by atoms with Gasteiger partial charge in [-0.15, -0.1) is 0 Å². The summed E-state index contributed by atoms with van der Waals surface area (Å²) in [4.78, 5) is 10.6. The number of rotatable bonds is 4. The summed E-state index contributed by atoms with van der Waals surface area (Å²) >= 11 is 0. The molecule has 0 aliphatic rings. The van der Waals surface area contributed by atoms with Crippen molar-refractivity contribution in [2.45, 2.75) is 31.7 Å². The normalized spacial score (nSPS) is 15.0. The smallest absolute Gasteiger partial charge is 0.252 e. The Labute approximate surface area is 66.2 Å². The Kier molecular flexibility index (Phi) is 3.55. The molecule has 1 amide bonds. The van der Waals surface area contributed by atoms with Crippen LogP contribution in [0.1, 0.15) is 26.2 Å². The second-order valence-corrected chi connectivity index (χ2v) is 2.55. The van der Waals surface area contributed by atoms with Gasteiger partial charge in [0.2, 0.25) is 0 Å². The monoisotopic (exact) mass is 155 g/mol. The van der Waals surface area contributed by atoms with Crippen molar-refractivity contribution in [1.82, 2.24) is 0 Å². The van der Waals surface area contributed by atoms with Crippen molar-refractivity contribution < 1.29 is 4.79 Å². The van der Waals surface area contributed by atoms with Crippen molar-refractivity contribution in [3.05, 3.63) is 0 Å². The molecule has 0 rings (SSSR count). The summed E-state index contributed by atoms with van der Waals surface area (Å²) in [6, 6.07) is 1.72. The lowest BCUT2D eigenvalue weighted by atomic mass is 9.95. The van der Waals surface area contributed by atoms with Crippen molar-refractivity contribution in [1.29, 1.82) is 5.26 Å². The van der Waals surface area contributed by atoms with Crippen LogP contribution in [0.5, 0.6) is 0 Å². The average Bonchev–Trinajstić information content (AvgIpc) is 2.00. The highest BCUT2D eigenvalue weighted by atomic mass is 16.1. The highest BCUT2D eigenvalue weighted by molar-refractivity contribution is 5.87. The number of nitrogens with two attached hydrogens (primary N) is 2. The molecule has 62 valence electrons. The first-order chi connectivity index (χ1) is 5.06. The fourth-order valence-electron chi connectivity index (χ4n) is 0.690. The Hall–Kier alpha value is -1.08. The topological polar surface area (TPSA) is 92.9 Å². The minimum absolute atomic E-state index is 0.343. The lowest BCUT2D eigenvalue weighted by Crippen LogP contribution is -2.50. The van der Waals surface area contributed by atoms with Gasteiger partial charge in [-0.25, -0.2) is 0 Å². The van der Waals surface area contributed by atoms with E-state index < -0.39 is 11.4 Å². The molecule has 0 aromatic heterocycles. The number of carbonyl (C=O) groups excluding carboxylic acids is 1. The molecule has 4 N–H and O–H groups in total. The molecule has 0 bridgehead atoms. The Bertz CT molecular complexity index is 185. The number of amides is 1. The molecular formula is C7H13N3O. The van der Waals surface area contributed by atoms with Crippen LogP contribution in [0, 0.1) is 11.3 Å². The highest BCUT2D eigenvalue weighted by Gasteiger charge is 2.30. The second kappa shape index (κ2) is 3.94. The summed E-state index contributed by atoms with van der Waals surface area (Å²) in [5.41, 5.74) is 8.86. The SMILES string of the molecule is CCCCC(N)(C#N)C(N)=O. The predicted octanol–water partition coefficient (Wildman–Crippen LogP) is -0.117. The predicted molar refractivity (Wildman–Crippen MR) is 41.3 cm³/mol. The van der Waals surface area contributed by atoms with Crippen molar-refractivity contribution in [2.24, 2.45) is 11.5 Å². The highest BCUT2D eigenvalue weighted by Crippen LogP contribution is 2.09. The van der Waals surface area contributed by atoms with Crippen LogP contribution in [-0.4, -0.2) is 11.4 Å². The molecule has 0 saturated heterocycles. The number of nitrogens with zero attached hydrogens (tertiary/aromatic N) is 1. The zero-order valence-electron chi connectivity index (χ0n) is 6.63. The van der Waals surface area contributed by atoms with Gasteiger partial charge in [-0.3, -0.25) is 4.79 Å². The van der Waals surface area contributed by atoms with E-state index in [4.69, 9.17) is 16.7 Å². The van der Waals surface area contributed by atoms with Gasteiger partial charge in [-0.2, -0.15) is 5.26 Å². The fraction of sp³-hybridized carbons (Fsp3) is 0.714. The van der Waals surface area contributed by atoms with Gasteiger partial charge < -0.3 is 11.5 Å². The first-order valence-corrected chi connectivity index (χ1v) is 3.57. The largest absolute Gasteiger partial charge is 0.367 e. The lowest BCUT2D eigenvalue weighted by molar-refractivity contribution is -0.121. The van der Waals surface area contributed by atoms with E-state index >= 15 is 0 Å². The number of primary amides is 1. The van der Waals surface area contributed by atoms with Gasteiger partial charge in [-0.1, -0.05) is 19.8 Å². The molecule has 11 heavy (non-hydrogen) atoms. The van der Waals surface area contributed by atoms with Crippen LogP contribution in [0.3, 0.4) is 0 Å². The Morgan fingerprint density at radius 2 is 2.27 bits per heavy atom. The molecule has 1 unspecified atom stereocenters. The third-order valence-corrected chi connectivity index (χ3v) is 1.56. The molecule has 0 aliphatic heterocycles. The van der Waals surface area contributed by atoms with Crippen LogP contribution in [0.15, 0.2) is 0 Å². The second-order valence-electron chi connectivity index (χ2n) is 2.55. The van der Waals surface area contributed by atoms with Crippen molar-refractivity contribution >= 4 is 5.91 Å². The summed E-state index contributed by atoms with van der Waals surface area (Å²) < 4.78 is 0. The van der Waals surface area contributed by atoms with Crippen LogP contribution in [0.4, 0.5) is 0 Å². The van der Waals surface area contributed by atoms with E-state index in [0.29, 0.717) is 6.42 Å². The molecule has 4 heteroatoms. The zero-order chi connectivity index (χ0) is 8.91. The van der Waals surface area contributed by atoms with Gasteiger partial charge in [0.05, 0.1) is 6.07 Å². The fourth-order valence-corrected chi connectivity index (χ4v) is 0.690. The van der Waals surface area contributed by atoms with Crippen molar-refractivity contribution in [3.63, 3.8) is 0 Å². The van der Waals surface area contributed by atoms with Crippen molar-refractivity contribution in [2.75, 3.05) is 0 Å². The van der Waals surface area contributed by atoms with E-state index in [1.165, 1.54) is 0 Å². The van der Waals surface area contributed by atoms with E-state index in [1.807, 2.05) is 6.92 Å². The first-order valence-electron chi connectivity index (χ1n) is 3.57. The summed E-state index contributed by atoms with van der Waals surface area (Å²) in [5.74, 6) is -0.742. The van der Waals surface area contributed by atoms with Gasteiger partial charge in [0.1, 0.15) is 0 Å². The molecule has 0 spiro atoms. The van der Waals surface area contributed by atoms with Crippen LogP contribution >= 0.6 is 0 Å². The first kappa shape index (κ1) is 9.92. The molecule has 1 atom stereocenters. The lowest BCUT2D eigenvalue weighted by Gasteiger charge is -2.15. The Morgan fingerprint density at radius 3 is 2.55 bits per heavy atom. The van der Waals surface area contributed by atoms with Gasteiger partial charge in [0.25, 0.3) is 5.91 Å². The molecule has 0 aromatic carbocycles. The summed E-state index contributed by atoms with van der Waals surface area (Å²) in [5, 5.41) is 8.51. The molecule has 0 aliphatic carbocycles. The molecule has 0 heterocycles. The zero-order valence-corrected chi connectivity index (χ0v) is 6.63. The minimum Gasteiger partial charge on any atom is -0.367 e. The van der Waals surface area contributed by atoms with Gasteiger partial charge in [0.15, 0.2) is 5.54 Å². The number of carbonyl (C=O) groups is 1. The van der Waals surface area contributed by atoms with Crippen LogP contribution in [0.2, 0.25) is 0 Å². The van der Waals surface area contributed by atoms with Gasteiger partial charge in [-0.05, 0) is 6.42 Å². The van der Waals surface area contributed by atoms with Crippen LogP contribution in [-0.2, 0) is 4.79 Å². The number of hydrogen-bond donors (Lipinski definition) is 2. The standard InChI is InChI=1S/C7H13N3O/c1-2-3-4-7(10,5-8)6(9)11/h2-4,10H2,1H3,(H2,9,11). The number of hydrogen-bond acceptors (Lipinski definition) is 3. The quantitative estimate of drug-likeness (QED) is 0.592. The number of unbranched alkanes of at least 4 members (excludes halogenated alkanes) is 1. The molecular weight excluding hydrogens is 142 g/mol. The maximum atomic E-state index is 10.6. The van der Waals surface area contributed by atoms with Crippen molar-refractivity contribution in [3.8, 4) is 6.07 Å². The van der Waals surface area contributed by atoms with Gasteiger partial charge >= 0.3 is 0 Å². The minimum atomic E-state index is -1.46. The molecule has 0 saturated carbocycles. The van der Waals surface area contributed by atoms with Crippen LogP contribution < -0.4 is 11.5 Å². The van der Waals surface area contributed by atoms with E-state index in [1.54, 1.807) is 6.07 Å². The molecule has 0 fully saturated rings. The van der Waals surface area contributed by atoms with E-state index in [2.05, 4.69) is 0 Å². The Morgan fingerprint density at radius 1 is 1.73 bits per heavy atom. The average molecular weight is 155 g/mol. The summed E-state index contributed by atoms with van der Waals surface area (Å²) in [6.07, 6.45) is 1.98. The molecule has 0 aromatic rings. The maximum Gasteiger partial charge on any atom is 0.252 e. The van der Waals surface area contributed by atoms with Gasteiger partial charge in [0, 0.05) is 0 Å². The van der Waals surface area contributed by atoms with Crippen LogP contribution in [0.25, 0.3) is 0 Å². The number of nitriles is 1. The molecule has 0 radical (unpaired) electrons. The van der Waals surface area contributed by atoms with E-state index in [0.717, 1.165) is 12.8 Å². The third-order valence-electron chi connectivity index (χ3n) is 1.56. The summed E-state index contributed by atoms with van der Waals surface area (Å²) in [6.45, 7) is 1.96. The third kappa shape index (κ3) is 2.56. The maximum absolute atomic E-state index is 10.6. The Balaban J connectivity index is 4.14. The molecule has 4 nitrogen and oxygen atoms in total. The van der Waals surface area contributed by atoms with E-state index in [9.17, 15) is 4.79 Å². The van der Waals surface area contributed by atoms with E-state index in [-0.39, 0.29) is 0 Å².